The maximum atomic E-state index is 13.7. The van der Waals surface area contributed by atoms with Crippen LogP contribution in [-0.2, 0) is 0 Å². The van der Waals surface area contributed by atoms with E-state index >= 15 is 0 Å². The Morgan fingerprint density at radius 3 is 2.81 bits per heavy atom. The van der Waals surface area contributed by atoms with Crippen LogP contribution in [0, 0.1) is 5.82 Å². The van der Waals surface area contributed by atoms with E-state index in [4.69, 9.17) is 0 Å². The van der Waals surface area contributed by atoms with Gasteiger partial charge in [-0.05, 0) is 42.5 Å². The van der Waals surface area contributed by atoms with Crippen LogP contribution < -0.4 is 5.32 Å². The van der Waals surface area contributed by atoms with Crippen molar-refractivity contribution in [2.75, 3.05) is 5.32 Å². The summed E-state index contributed by atoms with van der Waals surface area (Å²) in [6.45, 7) is 0. The van der Waals surface area contributed by atoms with Gasteiger partial charge >= 0.3 is 0 Å². The van der Waals surface area contributed by atoms with Crippen molar-refractivity contribution in [3.05, 3.63) is 60.0 Å². The molecule has 0 bridgehead atoms. The molecule has 1 aromatic heterocycles. The lowest BCUT2D eigenvalue weighted by atomic mass is 9.75. The summed E-state index contributed by atoms with van der Waals surface area (Å²) in [4.78, 5) is 0. The molecule has 1 heterocycles. The fraction of sp³-hybridized carbons (Fsp3) is 0.235. The minimum absolute atomic E-state index is 0.0853. The molecule has 3 nitrogen and oxygen atoms in total. The second-order valence-electron chi connectivity index (χ2n) is 5.67. The van der Waals surface area contributed by atoms with Crippen molar-refractivity contribution < 1.29 is 4.39 Å². The SMILES string of the molecule is Fc1ccccc1C1CC(Nc2cccc3[nH]ncc23)C1. The zero-order valence-corrected chi connectivity index (χ0v) is 11.5. The molecule has 4 rings (SSSR count). The van der Waals surface area contributed by atoms with Crippen LogP contribution in [-0.4, -0.2) is 16.2 Å². The van der Waals surface area contributed by atoms with Crippen molar-refractivity contribution in [3.8, 4) is 0 Å². The Kier molecular flexibility index (Phi) is 2.88. The molecule has 1 fully saturated rings. The number of nitrogens with one attached hydrogen (secondary N) is 2. The monoisotopic (exact) mass is 281 g/mol. The largest absolute Gasteiger partial charge is 0.382 e. The number of hydrogen-bond acceptors (Lipinski definition) is 2. The van der Waals surface area contributed by atoms with Gasteiger partial charge in [-0.1, -0.05) is 24.3 Å². The molecule has 0 atom stereocenters. The Hall–Kier alpha value is -2.36. The lowest BCUT2D eigenvalue weighted by molar-refractivity contribution is 0.363. The number of hydrogen-bond donors (Lipinski definition) is 2. The van der Waals surface area contributed by atoms with Gasteiger partial charge < -0.3 is 5.32 Å². The van der Waals surface area contributed by atoms with Gasteiger partial charge in [-0.2, -0.15) is 5.10 Å². The molecule has 3 aromatic rings. The molecule has 0 amide bonds. The summed E-state index contributed by atoms with van der Waals surface area (Å²) >= 11 is 0. The van der Waals surface area contributed by atoms with E-state index in [0.717, 1.165) is 35.0 Å². The highest BCUT2D eigenvalue weighted by atomic mass is 19.1. The average molecular weight is 281 g/mol. The highest BCUT2D eigenvalue weighted by Crippen LogP contribution is 2.40. The van der Waals surface area contributed by atoms with Crippen molar-refractivity contribution >= 4 is 16.6 Å². The van der Waals surface area contributed by atoms with Gasteiger partial charge in [-0.3, -0.25) is 5.10 Å². The predicted octanol–water partition coefficient (Wildman–Crippen LogP) is 4.06. The van der Waals surface area contributed by atoms with Crippen LogP contribution in [0.2, 0.25) is 0 Å². The topological polar surface area (TPSA) is 40.7 Å². The van der Waals surface area contributed by atoms with E-state index in [1.54, 1.807) is 12.1 Å². The summed E-state index contributed by atoms with van der Waals surface area (Å²) in [5.74, 6) is 0.241. The Morgan fingerprint density at radius 1 is 1.10 bits per heavy atom. The number of anilines is 1. The highest BCUT2D eigenvalue weighted by Gasteiger charge is 2.32. The van der Waals surface area contributed by atoms with E-state index in [9.17, 15) is 4.39 Å². The van der Waals surface area contributed by atoms with Gasteiger partial charge in [0.05, 0.1) is 11.7 Å². The summed E-state index contributed by atoms with van der Waals surface area (Å²) in [5.41, 5.74) is 2.97. The molecule has 1 aliphatic carbocycles. The van der Waals surface area contributed by atoms with Crippen LogP contribution in [0.25, 0.3) is 10.9 Å². The molecule has 21 heavy (non-hydrogen) atoms. The summed E-state index contributed by atoms with van der Waals surface area (Å²) < 4.78 is 13.7. The van der Waals surface area contributed by atoms with Crippen molar-refractivity contribution in [1.82, 2.24) is 10.2 Å². The van der Waals surface area contributed by atoms with Crippen LogP contribution in [0.4, 0.5) is 10.1 Å². The first-order valence-electron chi connectivity index (χ1n) is 7.24. The molecule has 106 valence electrons. The van der Waals surface area contributed by atoms with Crippen LogP contribution in [0.15, 0.2) is 48.7 Å². The number of benzene rings is 2. The zero-order chi connectivity index (χ0) is 14.2. The molecule has 0 aliphatic heterocycles. The highest BCUT2D eigenvalue weighted by molar-refractivity contribution is 5.91. The predicted molar refractivity (Wildman–Crippen MR) is 81.9 cm³/mol. The van der Waals surface area contributed by atoms with Crippen LogP contribution >= 0.6 is 0 Å². The summed E-state index contributed by atoms with van der Waals surface area (Å²) in [6, 6.07) is 13.6. The average Bonchev–Trinajstić information content (AvgIpc) is 2.93. The number of nitrogens with zero attached hydrogens (tertiary/aromatic N) is 1. The van der Waals surface area contributed by atoms with Gasteiger partial charge in [0.25, 0.3) is 0 Å². The second-order valence-corrected chi connectivity index (χ2v) is 5.67. The lowest BCUT2D eigenvalue weighted by Gasteiger charge is -2.37. The molecule has 1 aliphatic rings. The van der Waals surface area contributed by atoms with Gasteiger partial charge in [0.1, 0.15) is 5.82 Å². The summed E-state index contributed by atoms with van der Waals surface area (Å²) in [6.07, 6.45) is 3.77. The van der Waals surface area contributed by atoms with E-state index in [-0.39, 0.29) is 5.82 Å². The zero-order valence-electron chi connectivity index (χ0n) is 11.5. The maximum absolute atomic E-state index is 13.7. The Balaban J connectivity index is 1.47. The quantitative estimate of drug-likeness (QED) is 0.760. The molecule has 0 unspecified atom stereocenters. The minimum Gasteiger partial charge on any atom is -0.382 e. The van der Waals surface area contributed by atoms with Crippen molar-refractivity contribution in [3.63, 3.8) is 0 Å². The van der Waals surface area contributed by atoms with E-state index in [0.29, 0.717) is 12.0 Å². The van der Waals surface area contributed by atoms with Crippen LogP contribution in [0.5, 0.6) is 0 Å². The van der Waals surface area contributed by atoms with E-state index in [2.05, 4.69) is 21.6 Å². The molecule has 1 saturated carbocycles. The summed E-state index contributed by atoms with van der Waals surface area (Å²) in [5, 5.41) is 11.7. The van der Waals surface area contributed by atoms with Crippen molar-refractivity contribution in [1.29, 1.82) is 0 Å². The number of fused-ring (bicyclic) bond motifs is 1. The van der Waals surface area contributed by atoms with Gasteiger partial charge in [0.15, 0.2) is 0 Å². The minimum atomic E-state index is -0.0853. The van der Waals surface area contributed by atoms with E-state index < -0.39 is 0 Å². The van der Waals surface area contributed by atoms with Gasteiger partial charge in [0.2, 0.25) is 0 Å². The molecule has 0 radical (unpaired) electrons. The number of aromatic nitrogens is 2. The van der Waals surface area contributed by atoms with Crippen molar-refractivity contribution in [2.24, 2.45) is 0 Å². The first kappa shape index (κ1) is 12.4. The number of aromatic amines is 1. The van der Waals surface area contributed by atoms with E-state index in [1.807, 2.05) is 30.5 Å². The Bertz CT molecular complexity index is 774. The molecule has 2 N–H and O–H groups in total. The van der Waals surface area contributed by atoms with Gasteiger partial charge in [0, 0.05) is 17.1 Å². The smallest absolute Gasteiger partial charge is 0.126 e. The molecule has 2 aromatic carbocycles. The third-order valence-corrected chi connectivity index (χ3v) is 4.33. The Morgan fingerprint density at radius 2 is 1.95 bits per heavy atom. The maximum Gasteiger partial charge on any atom is 0.126 e. The number of rotatable bonds is 3. The molecule has 0 spiro atoms. The standard InChI is InChI=1S/C17H16FN3/c18-15-5-2-1-4-13(15)11-8-12(9-11)20-16-6-3-7-17-14(16)10-19-21-17/h1-7,10-12,20H,8-9H2,(H,19,21). The van der Waals surface area contributed by atoms with Gasteiger partial charge in [-0.25, -0.2) is 4.39 Å². The third-order valence-electron chi connectivity index (χ3n) is 4.33. The fourth-order valence-electron chi connectivity index (χ4n) is 3.11. The number of halogens is 1. The Labute approximate surface area is 122 Å². The lowest BCUT2D eigenvalue weighted by Crippen LogP contribution is -2.34. The van der Waals surface area contributed by atoms with E-state index in [1.165, 1.54) is 0 Å². The summed E-state index contributed by atoms with van der Waals surface area (Å²) in [7, 11) is 0. The molecular weight excluding hydrogens is 265 g/mol. The van der Waals surface area contributed by atoms with Crippen molar-refractivity contribution in [2.45, 2.75) is 24.8 Å². The first-order chi connectivity index (χ1) is 10.3. The molecule has 0 saturated heterocycles. The van der Waals surface area contributed by atoms with Gasteiger partial charge in [-0.15, -0.1) is 0 Å². The van der Waals surface area contributed by atoms with Crippen LogP contribution in [0.1, 0.15) is 24.3 Å². The fourth-order valence-corrected chi connectivity index (χ4v) is 3.11. The normalized spacial score (nSPS) is 21.2. The second kappa shape index (κ2) is 4.88. The third kappa shape index (κ3) is 2.17. The molecular formula is C17H16FN3. The first-order valence-corrected chi connectivity index (χ1v) is 7.24. The number of H-pyrrole nitrogens is 1. The van der Waals surface area contributed by atoms with Crippen LogP contribution in [0.3, 0.4) is 0 Å². The molecule has 4 heteroatoms.